The zero-order valence-corrected chi connectivity index (χ0v) is 14.3. The molecule has 0 bridgehead atoms. The highest BCUT2D eigenvalue weighted by atomic mass is 32.2. The third-order valence-electron chi connectivity index (χ3n) is 4.61. The van der Waals surface area contributed by atoms with Crippen molar-refractivity contribution in [2.45, 2.75) is 49.8 Å². The Bertz CT molecular complexity index is 604. The monoisotopic (exact) mass is 330 g/mol. The number of methoxy groups -OCH3 is 1. The number of nitrogens with one attached hydrogen (secondary N) is 1. The number of hydrogen-bond acceptors (Lipinski definition) is 5. The van der Waals surface area contributed by atoms with Gasteiger partial charge >= 0.3 is 0 Å². The molecule has 0 amide bonds. The first-order valence-electron chi connectivity index (χ1n) is 7.57. The van der Waals surface area contributed by atoms with Crippen molar-refractivity contribution in [2.75, 3.05) is 13.7 Å². The lowest BCUT2D eigenvalue weighted by Crippen LogP contribution is -2.44. The van der Waals surface area contributed by atoms with E-state index in [1.54, 1.807) is 14.2 Å². The Morgan fingerprint density at radius 3 is 2.68 bits per heavy atom. The van der Waals surface area contributed by atoms with E-state index in [1.165, 1.54) is 10.9 Å². The second-order valence-corrected chi connectivity index (χ2v) is 7.79. The highest BCUT2D eigenvalue weighted by molar-refractivity contribution is 7.89. The lowest BCUT2D eigenvalue weighted by molar-refractivity contribution is -0.0460. The summed E-state index contributed by atoms with van der Waals surface area (Å²) in [5.41, 5.74) is 0.427. The first-order valence-corrected chi connectivity index (χ1v) is 9.11. The fraction of sp³-hybridized carbons (Fsp3) is 0.786. The summed E-state index contributed by atoms with van der Waals surface area (Å²) in [6.07, 6.45) is 5.89. The molecule has 1 aromatic rings. The van der Waals surface area contributed by atoms with Crippen LogP contribution in [0.15, 0.2) is 11.2 Å². The van der Waals surface area contributed by atoms with Crippen LogP contribution in [-0.2, 0) is 28.4 Å². The largest absolute Gasteiger partial charge is 0.377 e. The van der Waals surface area contributed by atoms with Crippen LogP contribution in [0.25, 0.3) is 0 Å². The lowest BCUT2D eigenvalue weighted by atomic mass is 9.79. The third kappa shape index (κ3) is 3.87. The molecule has 1 aliphatic rings. The van der Waals surface area contributed by atoms with Crippen LogP contribution in [0.3, 0.4) is 0 Å². The molecule has 0 aromatic carbocycles. The summed E-state index contributed by atoms with van der Waals surface area (Å²) in [6, 6.07) is 0. The van der Waals surface area contributed by atoms with E-state index in [0.717, 1.165) is 31.6 Å². The van der Waals surface area contributed by atoms with Gasteiger partial charge in [-0.25, -0.2) is 13.6 Å². The van der Waals surface area contributed by atoms with Gasteiger partial charge in [-0.1, -0.05) is 6.92 Å². The third-order valence-corrected chi connectivity index (χ3v) is 5.67. The smallest absolute Gasteiger partial charge is 0.255 e. The second kappa shape index (κ2) is 6.66. The van der Waals surface area contributed by atoms with Gasteiger partial charge in [-0.3, -0.25) is 4.68 Å². The molecule has 1 heterocycles. The van der Waals surface area contributed by atoms with Crippen molar-refractivity contribution in [1.82, 2.24) is 15.1 Å². The van der Waals surface area contributed by atoms with Crippen LogP contribution in [0, 0.1) is 5.92 Å². The maximum Gasteiger partial charge on any atom is 0.255 e. The summed E-state index contributed by atoms with van der Waals surface area (Å²) in [6.45, 7) is 3.36. The molecule has 1 fully saturated rings. The van der Waals surface area contributed by atoms with Crippen LogP contribution >= 0.6 is 0 Å². The van der Waals surface area contributed by atoms with Crippen LogP contribution in [0.5, 0.6) is 0 Å². The minimum atomic E-state index is -3.77. The van der Waals surface area contributed by atoms with Crippen molar-refractivity contribution in [3.63, 3.8) is 0 Å². The maximum absolute atomic E-state index is 11.6. The summed E-state index contributed by atoms with van der Waals surface area (Å²) >= 11 is 0. The van der Waals surface area contributed by atoms with E-state index in [2.05, 4.69) is 17.3 Å². The molecular formula is C14H26N4O3S. The molecule has 0 atom stereocenters. The lowest BCUT2D eigenvalue weighted by Gasteiger charge is -2.38. The number of aromatic nitrogens is 2. The number of nitrogens with zero attached hydrogens (tertiary/aromatic N) is 2. The summed E-state index contributed by atoms with van der Waals surface area (Å²) in [5.74, 6) is 0.746. The highest BCUT2D eigenvalue weighted by Crippen LogP contribution is 2.33. The zero-order chi connectivity index (χ0) is 16.4. The van der Waals surface area contributed by atoms with Crippen molar-refractivity contribution in [3.8, 4) is 0 Å². The molecule has 126 valence electrons. The summed E-state index contributed by atoms with van der Waals surface area (Å²) in [5, 5.41) is 12.6. The predicted octanol–water partition coefficient (Wildman–Crippen LogP) is 0.752. The zero-order valence-electron chi connectivity index (χ0n) is 13.5. The van der Waals surface area contributed by atoms with Crippen LogP contribution in [-0.4, -0.2) is 37.5 Å². The number of nitrogens with two attached hydrogens (primary N) is 1. The number of rotatable bonds is 6. The fourth-order valence-electron chi connectivity index (χ4n) is 3.13. The van der Waals surface area contributed by atoms with Crippen LogP contribution in [0.4, 0.5) is 0 Å². The Morgan fingerprint density at radius 2 is 2.14 bits per heavy atom. The van der Waals surface area contributed by atoms with E-state index >= 15 is 0 Å². The van der Waals surface area contributed by atoms with Gasteiger partial charge in [0.2, 0.25) is 0 Å². The van der Waals surface area contributed by atoms with Crippen molar-refractivity contribution >= 4 is 10.0 Å². The molecule has 0 radical (unpaired) electrons. The van der Waals surface area contributed by atoms with Gasteiger partial charge in [-0.05, 0) is 31.6 Å². The standard InChI is InChI=1S/C14H26N4O3S/c1-11-4-6-14(21-3,7-5-11)10-16-8-12-9-17-18(2)13(12)22(15,19)20/h9,11,16H,4-8,10H2,1-3H3,(H2,15,19,20). The van der Waals surface area contributed by atoms with E-state index in [1.807, 2.05) is 0 Å². The molecule has 1 aromatic heterocycles. The minimum absolute atomic E-state index is 0.0590. The molecule has 0 aliphatic heterocycles. The van der Waals surface area contributed by atoms with Gasteiger partial charge in [-0.15, -0.1) is 0 Å². The molecule has 3 N–H and O–H groups in total. The van der Waals surface area contributed by atoms with Crippen LogP contribution in [0.1, 0.15) is 38.2 Å². The summed E-state index contributed by atoms with van der Waals surface area (Å²) in [4.78, 5) is 0. The molecule has 1 saturated carbocycles. The Balaban J connectivity index is 1.99. The SMILES string of the molecule is COC1(CNCc2cnn(C)c2S(N)(=O)=O)CCC(C)CC1. The van der Waals surface area contributed by atoms with Crippen molar-refractivity contribution in [3.05, 3.63) is 11.8 Å². The molecule has 7 nitrogen and oxygen atoms in total. The van der Waals surface area contributed by atoms with Gasteiger partial charge in [0.15, 0.2) is 5.03 Å². The van der Waals surface area contributed by atoms with Gasteiger partial charge in [0.25, 0.3) is 10.0 Å². The van der Waals surface area contributed by atoms with Crippen molar-refractivity contribution in [2.24, 2.45) is 18.1 Å². The topological polar surface area (TPSA) is 99.2 Å². The number of aryl methyl sites for hydroxylation is 1. The Morgan fingerprint density at radius 1 is 1.50 bits per heavy atom. The Hall–Kier alpha value is -0.960. The summed E-state index contributed by atoms with van der Waals surface area (Å²) < 4.78 is 30.3. The average Bonchev–Trinajstić information content (AvgIpc) is 2.82. The average molecular weight is 330 g/mol. The van der Waals surface area contributed by atoms with Gasteiger partial charge in [-0.2, -0.15) is 5.10 Å². The number of hydrogen-bond donors (Lipinski definition) is 2. The normalized spacial score (nSPS) is 26.3. The highest BCUT2D eigenvalue weighted by Gasteiger charge is 2.33. The van der Waals surface area contributed by atoms with Gasteiger partial charge in [0.1, 0.15) is 0 Å². The first-order chi connectivity index (χ1) is 10.3. The predicted molar refractivity (Wildman–Crippen MR) is 83.7 cm³/mol. The minimum Gasteiger partial charge on any atom is -0.377 e. The molecule has 0 unspecified atom stereocenters. The van der Waals surface area contributed by atoms with E-state index < -0.39 is 10.0 Å². The Kier molecular flexibility index (Phi) is 5.26. The van der Waals surface area contributed by atoms with Crippen molar-refractivity contribution in [1.29, 1.82) is 0 Å². The molecule has 0 saturated heterocycles. The quantitative estimate of drug-likeness (QED) is 0.802. The maximum atomic E-state index is 11.6. The number of primary sulfonamides is 1. The molecular weight excluding hydrogens is 304 g/mol. The second-order valence-electron chi connectivity index (χ2n) is 6.32. The van der Waals surface area contributed by atoms with E-state index in [9.17, 15) is 8.42 Å². The van der Waals surface area contributed by atoms with E-state index in [0.29, 0.717) is 18.7 Å². The van der Waals surface area contributed by atoms with Crippen LogP contribution in [0.2, 0.25) is 0 Å². The number of ether oxygens (including phenoxy) is 1. The molecule has 0 spiro atoms. The molecule has 1 aliphatic carbocycles. The van der Waals surface area contributed by atoms with E-state index in [-0.39, 0.29) is 10.6 Å². The van der Waals surface area contributed by atoms with E-state index in [4.69, 9.17) is 9.88 Å². The molecule has 2 rings (SSSR count). The summed E-state index contributed by atoms with van der Waals surface area (Å²) in [7, 11) is -0.456. The van der Waals surface area contributed by atoms with Crippen LogP contribution < -0.4 is 10.5 Å². The fourth-order valence-corrected chi connectivity index (χ4v) is 4.03. The van der Waals surface area contributed by atoms with Gasteiger partial charge in [0, 0.05) is 32.8 Å². The first kappa shape index (κ1) is 17.4. The Labute approximate surface area is 132 Å². The van der Waals surface area contributed by atoms with Gasteiger partial charge < -0.3 is 10.1 Å². The molecule has 8 heteroatoms. The van der Waals surface area contributed by atoms with Gasteiger partial charge in [0.05, 0.1) is 11.8 Å². The van der Waals surface area contributed by atoms with Crippen molar-refractivity contribution < 1.29 is 13.2 Å². The molecule has 22 heavy (non-hydrogen) atoms. The number of sulfonamides is 1.